The summed E-state index contributed by atoms with van der Waals surface area (Å²) in [6.45, 7) is 0.0387. The maximum absolute atomic E-state index is 13.1. The summed E-state index contributed by atoms with van der Waals surface area (Å²) in [6, 6.07) is 11.5. The number of carbonyl (C=O) groups excluding carboxylic acids is 3. The fourth-order valence-electron chi connectivity index (χ4n) is 3.39. The topological polar surface area (TPSA) is 119 Å². The SMILES string of the molecule is O=C1NC(=O)N(c2cccc([N+](=O)[O-])c2)C(=O)/C1=C/c1cc(Cl)c(OCc2ccc(Cl)cc2Cl)c(Cl)c1. The lowest BCUT2D eigenvalue weighted by atomic mass is 10.1. The second-order valence-electron chi connectivity index (χ2n) is 7.57. The molecule has 0 bridgehead atoms. The standard InChI is InChI=1S/C24H13Cl4N3O6/c25-14-5-4-13(18(26)9-14)11-37-21-19(27)7-12(8-20(21)28)6-17-22(32)29-24(34)30(23(17)33)15-2-1-3-16(10-15)31(35)36/h1-10H,11H2,(H,29,32,34)/b17-6+. The van der Waals surface area contributed by atoms with Gasteiger partial charge in [-0.25, -0.2) is 9.69 Å². The van der Waals surface area contributed by atoms with Crippen molar-refractivity contribution >= 4 is 81.7 Å². The molecule has 1 aliphatic rings. The second kappa shape index (κ2) is 10.8. The van der Waals surface area contributed by atoms with E-state index in [-0.39, 0.29) is 39.3 Å². The van der Waals surface area contributed by atoms with Gasteiger partial charge in [0.15, 0.2) is 5.75 Å². The average molecular weight is 581 g/mol. The minimum Gasteiger partial charge on any atom is -0.486 e. The number of rotatable bonds is 6. The van der Waals surface area contributed by atoms with Crippen molar-refractivity contribution in [3.8, 4) is 5.75 Å². The van der Waals surface area contributed by atoms with Gasteiger partial charge in [-0.05, 0) is 42.0 Å². The van der Waals surface area contributed by atoms with Gasteiger partial charge < -0.3 is 4.74 Å². The molecule has 188 valence electrons. The zero-order valence-corrected chi connectivity index (χ0v) is 21.4. The Hall–Kier alpha value is -3.63. The van der Waals surface area contributed by atoms with Crippen LogP contribution in [0, 0.1) is 10.1 Å². The van der Waals surface area contributed by atoms with Gasteiger partial charge in [0.05, 0.1) is 20.7 Å². The third kappa shape index (κ3) is 5.70. The Kier molecular flexibility index (Phi) is 7.70. The minimum atomic E-state index is -1.05. The Morgan fingerprint density at radius 2 is 1.65 bits per heavy atom. The lowest BCUT2D eigenvalue weighted by Crippen LogP contribution is -2.54. The van der Waals surface area contributed by atoms with Crippen molar-refractivity contribution < 1.29 is 24.0 Å². The number of ether oxygens (including phenoxy) is 1. The minimum absolute atomic E-state index is 0.0387. The number of barbiturate groups is 1. The molecule has 9 nitrogen and oxygen atoms in total. The summed E-state index contributed by atoms with van der Waals surface area (Å²) >= 11 is 24.7. The zero-order valence-electron chi connectivity index (χ0n) is 18.3. The van der Waals surface area contributed by atoms with E-state index in [4.69, 9.17) is 51.1 Å². The molecule has 3 aromatic carbocycles. The Labute approximate surface area is 229 Å². The van der Waals surface area contributed by atoms with Gasteiger partial charge in [-0.1, -0.05) is 58.5 Å². The van der Waals surface area contributed by atoms with Gasteiger partial charge in [-0.2, -0.15) is 0 Å². The van der Waals surface area contributed by atoms with Gasteiger partial charge in [0.2, 0.25) is 0 Å². The normalized spacial score (nSPS) is 14.6. The Bertz CT molecular complexity index is 1480. The number of nitrogens with one attached hydrogen (secondary N) is 1. The second-order valence-corrected chi connectivity index (χ2v) is 9.23. The van der Waals surface area contributed by atoms with Gasteiger partial charge in [-0.3, -0.25) is 25.0 Å². The number of halogens is 4. The van der Waals surface area contributed by atoms with Crippen molar-refractivity contribution in [2.75, 3.05) is 4.90 Å². The van der Waals surface area contributed by atoms with Gasteiger partial charge in [0, 0.05) is 27.7 Å². The van der Waals surface area contributed by atoms with Crippen molar-refractivity contribution in [3.05, 3.63) is 102 Å². The average Bonchev–Trinajstić information content (AvgIpc) is 2.82. The number of nitro groups is 1. The smallest absolute Gasteiger partial charge is 0.335 e. The summed E-state index contributed by atoms with van der Waals surface area (Å²) in [5.41, 5.74) is 0.0590. The number of non-ortho nitro benzene ring substituents is 1. The van der Waals surface area contributed by atoms with Crippen molar-refractivity contribution in [2.24, 2.45) is 0 Å². The number of hydrogen-bond donors (Lipinski definition) is 1. The first-order chi connectivity index (χ1) is 17.5. The molecule has 0 aromatic heterocycles. The molecule has 0 atom stereocenters. The van der Waals surface area contributed by atoms with Crippen molar-refractivity contribution in [1.29, 1.82) is 0 Å². The molecule has 1 saturated heterocycles. The largest absolute Gasteiger partial charge is 0.486 e. The molecule has 1 fully saturated rings. The van der Waals surface area contributed by atoms with Crippen LogP contribution in [0.2, 0.25) is 20.1 Å². The molecule has 0 spiro atoms. The van der Waals surface area contributed by atoms with Crippen LogP contribution in [-0.4, -0.2) is 22.8 Å². The summed E-state index contributed by atoms with van der Waals surface area (Å²) < 4.78 is 5.71. The van der Waals surface area contributed by atoms with E-state index in [9.17, 15) is 24.5 Å². The number of anilines is 1. The van der Waals surface area contributed by atoms with E-state index in [0.717, 1.165) is 6.07 Å². The summed E-state index contributed by atoms with van der Waals surface area (Å²) in [5, 5.41) is 14.2. The summed E-state index contributed by atoms with van der Waals surface area (Å²) in [5.74, 6) is -1.80. The van der Waals surface area contributed by atoms with E-state index in [0.29, 0.717) is 20.5 Å². The van der Waals surface area contributed by atoms with E-state index in [1.807, 2.05) is 5.32 Å². The molecule has 1 N–H and O–H groups in total. The molecular weight excluding hydrogens is 568 g/mol. The molecular formula is C24H13Cl4N3O6. The van der Waals surface area contributed by atoms with E-state index in [1.165, 1.54) is 36.4 Å². The molecule has 37 heavy (non-hydrogen) atoms. The first-order valence-electron chi connectivity index (χ1n) is 10.3. The molecule has 1 heterocycles. The highest BCUT2D eigenvalue weighted by molar-refractivity contribution is 6.40. The van der Waals surface area contributed by atoms with Crippen LogP contribution >= 0.6 is 46.4 Å². The van der Waals surface area contributed by atoms with E-state index < -0.39 is 28.3 Å². The number of nitrogens with zero attached hydrogens (tertiary/aromatic N) is 2. The van der Waals surface area contributed by atoms with Crippen molar-refractivity contribution in [3.63, 3.8) is 0 Å². The van der Waals surface area contributed by atoms with Crippen LogP contribution in [0.15, 0.2) is 60.2 Å². The first-order valence-corrected chi connectivity index (χ1v) is 11.8. The number of nitro benzene ring substituents is 1. The van der Waals surface area contributed by atoms with Gasteiger partial charge in [0.1, 0.15) is 12.2 Å². The monoisotopic (exact) mass is 579 g/mol. The van der Waals surface area contributed by atoms with Crippen molar-refractivity contribution in [2.45, 2.75) is 6.61 Å². The Morgan fingerprint density at radius 3 is 2.30 bits per heavy atom. The number of benzene rings is 3. The van der Waals surface area contributed by atoms with E-state index >= 15 is 0 Å². The zero-order chi connectivity index (χ0) is 26.9. The third-order valence-corrected chi connectivity index (χ3v) is 6.27. The summed E-state index contributed by atoms with van der Waals surface area (Å²) in [7, 11) is 0. The maximum atomic E-state index is 13.1. The molecule has 3 aromatic rings. The van der Waals surface area contributed by atoms with Gasteiger partial charge >= 0.3 is 6.03 Å². The fourth-order valence-corrected chi connectivity index (χ4v) is 4.47. The van der Waals surface area contributed by atoms with Crippen LogP contribution in [0.1, 0.15) is 11.1 Å². The number of urea groups is 1. The quantitative estimate of drug-likeness (QED) is 0.155. The van der Waals surface area contributed by atoms with E-state index in [1.54, 1.807) is 18.2 Å². The molecule has 4 rings (SSSR count). The highest BCUT2D eigenvalue weighted by Crippen LogP contribution is 2.36. The summed E-state index contributed by atoms with van der Waals surface area (Å²) in [4.78, 5) is 49.0. The van der Waals surface area contributed by atoms with Crippen LogP contribution < -0.4 is 15.0 Å². The Morgan fingerprint density at radius 1 is 0.946 bits per heavy atom. The van der Waals surface area contributed by atoms with E-state index in [2.05, 4.69) is 0 Å². The molecule has 0 radical (unpaired) electrons. The lowest BCUT2D eigenvalue weighted by molar-refractivity contribution is -0.384. The third-order valence-electron chi connectivity index (χ3n) is 5.12. The van der Waals surface area contributed by atoms with Crippen LogP contribution in [0.25, 0.3) is 6.08 Å². The van der Waals surface area contributed by atoms with Gasteiger partial charge in [0.25, 0.3) is 17.5 Å². The Balaban J connectivity index is 1.62. The maximum Gasteiger partial charge on any atom is 0.335 e. The highest BCUT2D eigenvalue weighted by atomic mass is 35.5. The molecule has 4 amide bonds. The van der Waals surface area contributed by atoms with Crippen LogP contribution in [-0.2, 0) is 16.2 Å². The molecule has 0 saturated carbocycles. The fraction of sp³-hybridized carbons (Fsp3) is 0.0417. The molecule has 0 unspecified atom stereocenters. The first kappa shape index (κ1) is 26.4. The molecule has 1 aliphatic heterocycles. The van der Waals surface area contributed by atoms with Crippen LogP contribution in [0.3, 0.4) is 0 Å². The number of amides is 4. The lowest BCUT2D eigenvalue weighted by Gasteiger charge is -2.26. The van der Waals surface area contributed by atoms with Crippen molar-refractivity contribution in [1.82, 2.24) is 5.32 Å². The molecule has 0 aliphatic carbocycles. The molecule has 13 heteroatoms. The van der Waals surface area contributed by atoms with Crippen LogP contribution in [0.5, 0.6) is 5.75 Å². The predicted octanol–water partition coefficient (Wildman–Crippen LogP) is 6.45. The number of imide groups is 2. The van der Waals surface area contributed by atoms with Gasteiger partial charge in [-0.15, -0.1) is 0 Å². The highest BCUT2D eigenvalue weighted by Gasteiger charge is 2.37. The number of hydrogen-bond acceptors (Lipinski definition) is 6. The predicted molar refractivity (Wildman–Crippen MR) is 139 cm³/mol. The summed E-state index contributed by atoms with van der Waals surface area (Å²) in [6.07, 6.45) is 1.19. The van der Waals surface area contributed by atoms with Crippen LogP contribution in [0.4, 0.5) is 16.2 Å². The number of carbonyl (C=O) groups is 3.